The molecule has 198 valence electrons. The lowest BCUT2D eigenvalue weighted by Crippen LogP contribution is -2.43. The molecule has 2 heterocycles. The minimum atomic E-state index is -0.462. The molecule has 3 amide bonds. The van der Waals surface area contributed by atoms with Crippen molar-refractivity contribution in [2.24, 2.45) is 11.1 Å². The first-order valence-corrected chi connectivity index (χ1v) is 12.4. The average molecular weight is 513 g/mol. The van der Waals surface area contributed by atoms with Crippen LogP contribution in [-0.4, -0.2) is 65.9 Å². The van der Waals surface area contributed by atoms with Crippen molar-refractivity contribution < 1.29 is 23.6 Å². The predicted octanol–water partition coefficient (Wildman–Crippen LogP) is 3.19. The molecule has 11 heteroatoms. The molecule has 2 aliphatic rings. The van der Waals surface area contributed by atoms with Gasteiger partial charge in [0.25, 0.3) is 5.91 Å². The molecule has 1 saturated carbocycles. The number of hydrogen-bond donors (Lipinski definition) is 2. The van der Waals surface area contributed by atoms with Gasteiger partial charge in [0.05, 0.1) is 12.8 Å². The molecule has 1 aromatic heterocycles. The number of carbonyl (C=O) groups is 2. The first-order chi connectivity index (χ1) is 17.7. The maximum atomic E-state index is 13.6. The molecule has 1 atom stereocenters. The van der Waals surface area contributed by atoms with Gasteiger partial charge in [-0.25, -0.2) is 19.2 Å². The van der Waals surface area contributed by atoms with Gasteiger partial charge in [-0.3, -0.25) is 4.79 Å². The maximum absolute atomic E-state index is 13.6. The smallest absolute Gasteiger partial charge is 0.317 e. The summed E-state index contributed by atoms with van der Waals surface area (Å²) in [5, 5.41) is 10.1. The third kappa shape index (κ3) is 6.52. The zero-order chi connectivity index (χ0) is 26.5. The Morgan fingerprint density at radius 3 is 2.62 bits per heavy atom. The fraction of sp³-hybridized carbons (Fsp3) is 0.500. The first kappa shape index (κ1) is 26.3. The Labute approximate surface area is 215 Å². The van der Waals surface area contributed by atoms with Crippen LogP contribution in [-0.2, 0) is 11.4 Å². The molecule has 1 fully saturated rings. The molecule has 0 saturated heterocycles. The standard InChI is InChI=1S/C26H33FN6O4/c1-15-29-20(12-22(30-15)25(34)28-14-16-5-10-19(27)24(11-16)36-4)21-13-23(37-32-21)17-6-8-18(9-7-17)31-26(35)33(2)3/h5,10-12,17-18,23H,6-9,13-14H2,1-4H3,(H,28,34)(H,31,35). The molecule has 4 rings (SSSR count). The highest BCUT2D eigenvalue weighted by atomic mass is 19.1. The lowest BCUT2D eigenvalue weighted by molar-refractivity contribution is 0.0237. The predicted molar refractivity (Wildman–Crippen MR) is 135 cm³/mol. The monoisotopic (exact) mass is 512 g/mol. The Hall–Kier alpha value is -3.76. The van der Waals surface area contributed by atoms with Crippen molar-refractivity contribution >= 4 is 17.6 Å². The number of aromatic nitrogens is 2. The fourth-order valence-electron chi connectivity index (χ4n) is 4.66. The van der Waals surface area contributed by atoms with Crippen LogP contribution in [0.4, 0.5) is 9.18 Å². The van der Waals surface area contributed by atoms with E-state index in [4.69, 9.17) is 9.57 Å². The minimum absolute atomic E-state index is 0.0542. The second kappa shape index (κ2) is 11.5. The van der Waals surface area contributed by atoms with Gasteiger partial charge in [0.2, 0.25) is 0 Å². The van der Waals surface area contributed by atoms with Crippen molar-refractivity contribution in [3.8, 4) is 5.75 Å². The highest BCUT2D eigenvalue weighted by molar-refractivity contribution is 6.01. The van der Waals surface area contributed by atoms with E-state index >= 15 is 0 Å². The molecular formula is C26H33FN6O4. The van der Waals surface area contributed by atoms with Crippen LogP contribution in [0.2, 0.25) is 0 Å². The van der Waals surface area contributed by atoms with E-state index in [1.807, 2.05) is 0 Å². The Morgan fingerprint density at radius 1 is 1.16 bits per heavy atom. The molecule has 1 aliphatic carbocycles. The summed E-state index contributed by atoms with van der Waals surface area (Å²) in [4.78, 5) is 40.8. The van der Waals surface area contributed by atoms with Crippen molar-refractivity contribution in [3.05, 3.63) is 52.9 Å². The van der Waals surface area contributed by atoms with Crippen LogP contribution in [0.1, 0.15) is 59.7 Å². The summed E-state index contributed by atoms with van der Waals surface area (Å²) in [6, 6.07) is 6.15. The van der Waals surface area contributed by atoms with E-state index in [9.17, 15) is 14.0 Å². The summed E-state index contributed by atoms with van der Waals surface area (Å²) < 4.78 is 18.6. The molecule has 0 spiro atoms. The second-order valence-electron chi connectivity index (χ2n) is 9.68. The van der Waals surface area contributed by atoms with Gasteiger partial charge in [0.15, 0.2) is 11.6 Å². The van der Waals surface area contributed by atoms with Gasteiger partial charge in [0, 0.05) is 33.1 Å². The summed E-state index contributed by atoms with van der Waals surface area (Å²) in [6.07, 6.45) is 4.23. The minimum Gasteiger partial charge on any atom is -0.494 e. The van der Waals surface area contributed by atoms with Gasteiger partial charge in [-0.2, -0.15) is 0 Å². The number of nitrogens with one attached hydrogen (secondary N) is 2. The largest absolute Gasteiger partial charge is 0.494 e. The molecule has 2 aromatic rings. The molecular weight excluding hydrogens is 479 g/mol. The summed E-state index contributed by atoms with van der Waals surface area (Å²) in [6.45, 7) is 1.92. The van der Waals surface area contributed by atoms with E-state index in [2.05, 4.69) is 25.8 Å². The highest BCUT2D eigenvalue weighted by Crippen LogP contribution is 2.33. The molecule has 37 heavy (non-hydrogen) atoms. The number of ether oxygens (including phenoxy) is 1. The van der Waals surface area contributed by atoms with E-state index in [1.54, 1.807) is 44.1 Å². The number of hydrogen-bond acceptors (Lipinski definition) is 7. The van der Waals surface area contributed by atoms with Crippen LogP contribution >= 0.6 is 0 Å². The van der Waals surface area contributed by atoms with Crippen molar-refractivity contribution in [1.82, 2.24) is 25.5 Å². The van der Waals surface area contributed by atoms with Crippen LogP contribution < -0.4 is 15.4 Å². The summed E-state index contributed by atoms with van der Waals surface area (Å²) in [7, 11) is 4.86. The summed E-state index contributed by atoms with van der Waals surface area (Å²) in [5.41, 5.74) is 2.18. The zero-order valence-electron chi connectivity index (χ0n) is 21.6. The van der Waals surface area contributed by atoms with Gasteiger partial charge in [0.1, 0.15) is 23.3 Å². The number of carbonyl (C=O) groups excluding carboxylic acids is 2. The van der Waals surface area contributed by atoms with Crippen LogP contribution in [0.3, 0.4) is 0 Å². The van der Waals surface area contributed by atoms with Gasteiger partial charge >= 0.3 is 6.03 Å². The lowest BCUT2D eigenvalue weighted by atomic mass is 9.81. The summed E-state index contributed by atoms with van der Waals surface area (Å²) in [5.74, 6) is 0.0777. The fourth-order valence-corrected chi connectivity index (χ4v) is 4.66. The lowest BCUT2D eigenvalue weighted by Gasteiger charge is -2.31. The van der Waals surface area contributed by atoms with Crippen molar-refractivity contribution in [2.75, 3.05) is 21.2 Å². The SMILES string of the molecule is COc1cc(CNC(=O)c2cc(C3=NOC(C4CCC(NC(=O)N(C)C)CC4)C3)nc(C)n2)ccc1F. The summed E-state index contributed by atoms with van der Waals surface area (Å²) >= 11 is 0. The number of rotatable bonds is 7. The van der Waals surface area contributed by atoms with Crippen LogP contribution in [0, 0.1) is 18.7 Å². The molecule has 2 N–H and O–H groups in total. The Bertz CT molecular complexity index is 1180. The number of benzene rings is 1. The molecule has 10 nitrogen and oxygen atoms in total. The van der Waals surface area contributed by atoms with Gasteiger partial charge in [-0.1, -0.05) is 11.2 Å². The number of aryl methyl sites for hydroxylation is 1. The molecule has 0 bridgehead atoms. The van der Waals surface area contributed by atoms with Gasteiger partial charge in [-0.05, 0) is 62.3 Å². The third-order valence-electron chi connectivity index (χ3n) is 6.76. The number of methoxy groups -OCH3 is 1. The normalized spacial score (nSPS) is 21.0. The van der Waals surface area contributed by atoms with E-state index in [-0.39, 0.29) is 42.1 Å². The molecule has 1 aliphatic heterocycles. The Balaban J connectivity index is 1.33. The van der Waals surface area contributed by atoms with Gasteiger partial charge < -0.3 is 25.1 Å². The topological polar surface area (TPSA) is 118 Å². The van der Waals surface area contributed by atoms with Crippen molar-refractivity contribution in [3.63, 3.8) is 0 Å². The third-order valence-corrected chi connectivity index (χ3v) is 6.76. The maximum Gasteiger partial charge on any atom is 0.317 e. The van der Waals surface area contributed by atoms with E-state index in [1.165, 1.54) is 13.2 Å². The number of urea groups is 1. The Morgan fingerprint density at radius 2 is 1.92 bits per heavy atom. The molecule has 1 aromatic carbocycles. The van der Waals surface area contributed by atoms with Gasteiger partial charge in [-0.15, -0.1) is 0 Å². The Kier molecular flexibility index (Phi) is 8.20. The molecule has 1 unspecified atom stereocenters. The van der Waals surface area contributed by atoms with E-state index < -0.39 is 5.82 Å². The number of halogens is 1. The van der Waals surface area contributed by atoms with Crippen LogP contribution in [0.15, 0.2) is 29.4 Å². The first-order valence-electron chi connectivity index (χ1n) is 12.4. The average Bonchev–Trinajstić information content (AvgIpc) is 3.38. The highest BCUT2D eigenvalue weighted by Gasteiger charge is 2.34. The number of amides is 3. The van der Waals surface area contributed by atoms with Crippen LogP contribution in [0.5, 0.6) is 5.75 Å². The van der Waals surface area contributed by atoms with E-state index in [0.29, 0.717) is 35.1 Å². The zero-order valence-corrected chi connectivity index (χ0v) is 21.6. The van der Waals surface area contributed by atoms with Crippen molar-refractivity contribution in [2.45, 2.75) is 57.7 Å². The van der Waals surface area contributed by atoms with Crippen molar-refractivity contribution in [1.29, 1.82) is 0 Å². The number of nitrogens with zero attached hydrogens (tertiary/aromatic N) is 4. The molecule has 0 radical (unpaired) electrons. The second-order valence-corrected chi connectivity index (χ2v) is 9.68. The quantitative estimate of drug-likeness (QED) is 0.588. The number of oxime groups is 1. The van der Waals surface area contributed by atoms with E-state index in [0.717, 1.165) is 25.7 Å². The van der Waals surface area contributed by atoms with Crippen LogP contribution in [0.25, 0.3) is 0 Å².